The lowest BCUT2D eigenvalue weighted by atomic mass is 10.0. The van der Waals surface area contributed by atoms with E-state index in [1.165, 1.54) is 29.2 Å². The average Bonchev–Trinajstić information content (AvgIpc) is 3.03. The minimum absolute atomic E-state index is 0.0317. The van der Waals surface area contributed by atoms with Crippen LogP contribution in [0.4, 0.5) is 5.69 Å². The van der Waals surface area contributed by atoms with Gasteiger partial charge in [-0.05, 0) is 73.0 Å². The van der Waals surface area contributed by atoms with Crippen LogP contribution in [0.1, 0.15) is 36.5 Å². The highest BCUT2D eigenvalue weighted by Crippen LogP contribution is 2.28. The van der Waals surface area contributed by atoms with Crippen LogP contribution in [0, 0.1) is 6.92 Å². The molecule has 1 N–H and O–H groups in total. The molecule has 242 valence electrons. The quantitative estimate of drug-likeness (QED) is 0.137. The molecule has 0 spiro atoms. The molecule has 0 radical (unpaired) electrons. The molecule has 46 heavy (non-hydrogen) atoms. The van der Waals surface area contributed by atoms with Gasteiger partial charge in [-0.3, -0.25) is 13.9 Å². The zero-order valence-electron chi connectivity index (χ0n) is 25.6. The average molecular weight is 701 g/mol. The number of nitrogens with one attached hydrogen (secondary N) is 1. The number of halogens is 3. The molecule has 0 heterocycles. The summed E-state index contributed by atoms with van der Waals surface area (Å²) in [7, 11) is -4.24. The number of amides is 2. The van der Waals surface area contributed by atoms with Crippen molar-refractivity contribution in [1.82, 2.24) is 10.2 Å². The van der Waals surface area contributed by atoms with Crippen molar-refractivity contribution in [1.29, 1.82) is 0 Å². The fourth-order valence-corrected chi connectivity index (χ4v) is 6.88. The highest BCUT2D eigenvalue weighted by atomic mass is 35.5. The van der Waals surface area contributed by atoms with Crippen LogP contribution in [0.2, 0.25) is 15.1 Å². The molecule has 4 rings (SSSR count). The zero-order chi connectivity index (χ0) is 33.3. The summed E-state index contributed by atoms with van der Waals surface area (Å²) in [5.74, 6) is -0.936. The highest BCUT2D eigenvalue weighted by Gasteiger charge is 2.35. The summed E-state index contributed by atoms with van der Waals surface area (Å²) in [4.78, 5) is 29.7. The monoisotopic (exact) mass is 699 g/mol. The first-order chi connectivity index (χ1) is 22.0. The van der Waals surface area contributed by atoms with E-state index in [-0.39, 0.29) is 23.8 Å². The van der Waals surface area contributed by atoms with E-state index in [4.69, 9.17) is 34.8 Å². The third-order valence-electron chi connectivity index (χ3n) is 7.46. The van der Waals surface area contributed by atoms with Gasteiger partial charge in [-0.25, -0.2) is 8.42 Å². The number of hydrogen-bond donors (Lipinski definition) is 1. The topological polar surface area (TPSA) is 86.8 Å². The minimum Gasteiger partial charge on any atom is -0.354 e. The summed E-state index contributed by atoms with van der Waals surface area (Å²) in [6.07, 6.45) is 1.84. The number of carbonyl (C=O) groups is 2. The van der Waals surface area contributed by atoms with E-state index in [2.05, 4.69) is 5.32 Å². The van der Waals surface area contributed by atoms with Gasteiger partial charge in [-0.15, -0.1) is 0 Å². The Balaban J connectivity index is 1.80. The van der Waals surface area contributed by atoms with Crippen molar-refractivity contribution in [3.63, 3.8) is 0 Å². The van der Waals surface area contributed by atoms with Crippen molar-refractivity contribution >= 4 is 62.3 Å². The maximum Gasteiger partial charge on any atom is 0.264 e. The summed E-state index contributed by atoms with van der Waals surface area (Å²) in [6, 6.07) is 25.9. The second kappa shape index (κ2) is 16.3. The lowest BCUT2D eigenvalue weighted by Crippen LogP contribution is -2.53. The van der Waals surface area contributed by atoms with Crippen LogP contribution in [-0.4, -0.2) is 44.3 Å². The van der Waals surface area contributed by atoms with Gasteiger partial charge in [0.05, 0.1) is 10.6 Å². The van der Waals surface area contributed by atoms with Crippen LogP contribution < -0.4 is 9.62 Å². The van der Waals surface area contributed by atoms with Gasteiger partial charge in [0.15, 0.2) is 0 Å². The van der Waals surface area contributed by atoms with Gasteiger partial charge in [0.2, 0.25) is 11.8 Å². The Labute approximate surface area is 286 Å². The largest absolute Gasteiger partial charge is 0.354 e. The smallest absolute Gasteiger partial charge is 0.264 e. The molecular formula is C35H36Cl3N3O4S. The van der Waals surface area contributed by atoms with Gasteiger partial charge in [-0.2, -0.15) is 0 Å². The number of sulfonamides is 1. The number of aryl methyl sites for hydroxylation is 1. The van der Waals surface area contributed by atoms with Gasteiger partial charge in [0, 0.05) is 34.6 Å². The number of nitrogens with zero attached hydrogens (tertiary/aromatic N) is 2. The Morgan fingerprint density at radius 3 is 2.13 bits per heavy atom. The molecule has 1 atom stereocenters. The summed E-state index contributed by atoms with van der Waals surface area (Å²) in [5.41, 5.74) is 2.61. The first-order valence-electron chi connectivity index (χ1n) is 14.9. The third kappa shape index (κ3) is 9.26. The maximum absolute atomic E-state index is 14.5. The lowest BCUT2D eigenvalue weighted by Gasteiger charge is -2.34. The predicted molar refractivity (Wildman–Crippen MR) is 186 cm³/mol. The van der Waals surface area contributed by atoms with Crippen molar-refractivity contribution in [3.8, 4) is 0 Å². The summed E-state index contributed by atoms with van der Waals surface area (Å²) in [5, 5.41) is 4.09. The molecule has 0 aliphatic carbocycles. The van der Waals surface area contributed by atoms with Crippen LogP contribution >= 0.6 is 34.8 Å². The van der Waals surface area contributed by atoms with Gasteiger partial charge in [0.25, 0.3) is 10.0 Å². The minimum atomic E-state index is -4.24. The summed E-state index contributed by atoms with van der Waals surface area (Å²) >= 11 is 18.8. The molecule has 0 aliphatic heterocycles. The van der Waals surface area contributed by atoms with E-state index in [1.807, 2.05) is 44.2 Å². The van der Waals surface area contributed by atoms with E-state index >= 15 is 0 Å². The molecule has 2 amide bonds. The number of anilines is 1. The van der Waals surface area contributed by atoms with E-state index in [9.17, 15) is 18.0 Å². The third-order valence-corrected chi connectivity index (χ3v) is 10.1. The molecule has 7 nitrogen and oxygen atoms in total. The molecule has 4 aromatic carbocycles. The second-order valence-corrected chi connectivity index (χ2v) is 14.1. The standard InChI is InChI=1S/C35H36Cl3N3O4S/c1-3-4-20-39-35(43)33(21-26-8-6-5-7-9-26)40(23-27-12-13-29(37)22-32(27)38)34(42)24-41(30-16-10-25(2)11-17-30)46(44,45)31-18-14-28(36)15-19-31/h5-19,22,33H,3-4,20-21,23-24H2,1-2H3,(H,39,43)/t33-/m1/s1. The Morgan fingerprint density at radius 1 is 0.848 bits per heavy atom. The molecule has 4 aromatic rings. The molecule has 0 aromatic heterocycles. The number of unbranched alkanes of at least 4 members (excludes halogenated alkanes) is 1. The number of benzene rings is 4. The molecule has 0 bridgehead atoms. The van der Waals surface area contributed by atoms with Crippen LogP contribution in [0.5, 0.6) is 0 Å². The molecule has 11 heteroatoms. The fraction of sp³-hybridized carbons (Fsp3) is 0.257. The lowest BCUT2D eigenvalue weighted by molar-refractivity contribution is -0.140. The van der Waals surface area contributed by atoms with E-state index in [0.717, 1.165) is 28.3 Å². The molecule has 0 saturated carbocycles. The van der Waals surface area contributed by atoms with Gasteiger partial charge >= 0.3 is 0 Å². The number of rotatable bonds is 14. The first kappa shape index (κ1) is 35.3. The van der Waals surface area contributed by atoms with Gasteiger partial charge < -0.3 is 10.2 Å². The molecule has 0 aliphatic rings. The van der Waals surface area contributed by atoms with E-state index in [1.54, 1.807) is 42.5 Å². The van der Waals surface area contributed by atoms with Crippen molar-refractivity contribution in [2.75, 3.05) is 17.4 Å². The van der Waals surface area contributed by atoms with Crippen LogP contribution in [0.25, 0.3) is 0 Å². The van der Waals surface area contributed by atoms with E-state index in [0.29, 0.717) is 32.9 Å². The summed E-state index contributed by atoms with van der Waals surface area (Å²) < 4.78 is 29.3. The fourth-order valence-electron chi connectivity index (χ4n) is 4.87. The maximum atomic E-state index is 14.5. The summed E-state index contributed by atoms with van der Waals surface area (Å²) in [6.45, 7) is 3.70. The number of hydrogen-bond acceptors (Lipinski definition) is 4. The highest BCUT2D eigenvalue weighted by molar-refractivity contribution is 7.92. The normalized spacial score (nSPS) is 11.9. The van der Waals surface area contributed by atoms with Crippen LogP contribution in [0.15, 0.2) is 102 Å². The van der Waals surface area contributed by atoms with Crippen LogP contribution in [0.3, 0.4) is 0 Å². The molecule has 0 unspecified atom stereocenters. The molecule has 0 fully saturated rings. The van der Waals surface area contributed by atoms with Crippen molar-refractivity contribution < 1.29 is 18.0 Å². The number of carbonyl (C=O) groups excluding carboxylic acids is 2. The Bertz CT molecular complexity index is 1740. The van der Waals surface area contributed by atoms with Crippen molar-refractivity contribution in [3.05, 3.63) is 129 Å². The Kier molecular flexibility index (Phi) is 12.5. The van der Waals surface area contributed by atoms with E-state index < -0.39 is 28.5 Å². The Hall–Kier alpha value is -3.56. The van der Waals surface area contributed by atoms with Crippen molar-refractivity contribution in [2.45, 2.75) is 50.6 Å². The SMILES string of the molecule is CCCCNC(=O)[C@@H](Cc1ccccc1)N(Cc1ccc(Cl)cc1Cl)C(=O)CN(c1ccc(C)cc1)S(=O)(=O)c1ccc(Cl)cc1. The zero-order valence-corrected chi connectivity index (χ0v) is 28.7. The Morgan fingerprint density at radius 2 is 1.50 bits per heavy atom. The van der Waals surface area contributed by atoms with Gasteiger partial charge in [0.1, 0.15) is 12.6 Å². The van der Waals surface area contributed by atoms with Gasteiger partial charge in [-0.1, -0.05) is 102 Å². The predicted octanol–water partition coefficient (Wildman–Crippen LogP) is 7.71. The molecule has 0 saturated heterocycles. The second-order valence-electron chi connectivity index (χ2n) is 10.9. The first-order valence-corrected chi connectivity index (χ1v) is 17.5. The molecular weight excluding hydrogens is 665 g/mol. The van der Waals surface area contributed by atoms with Crippen molar-refractivity contribution in [2.24, 2.45) is 0 Å². The van der Waals surface area contributed by atoms with Crippen LogP contribution in [-0.2, 0) is 32.6 Å².